The van der Waals surface area contributed by atoms with Crippen LogP contribution >= 0.6 is 46.3 Å². The Kier molecular flexibility index (Phi) is 4.26. The molecule has 0 radical (unpaired) electrons. The van der Waals surface area contributed by atoms with Gasteiger partial charge >= 0.3 is 0 Å². The van der Waals surface area contributed by atoms with Crippen LogP contribution in [0.1, 0.15) is 5.56 Å². The number of nitrogens with zero attached hydrogens (tertiary/aromatic N) is 2. The fourth-order valence-corrected chi connectivity index (χ4v) is 3.91. The van der Waals surface area contributed by atoms with Crippen molar-refractivity contribution in [2.45, 2.75) is 10.9 Å². The Labute approximate surface area is 139 Å². The molecule has 0 unspecified atom stereocenters. The second kappa shape index (κ2) is 6.01. The van der Waals surface area contributed by atoms with Gasteiger partial charge in [-0.1, -0.05) is 41.0 Å². The van der Waals surface area contributed by atoms with Gasteiger partial charge in [-0.2, -0.15) is 0 Å². The molecule has 0 saturated carbocycles. The Hall–Kier alpha value is -1.01. The van der Waals surface area contributed by atoms with Gasteiger partial charge in [0.25, 0.3) is 5.56 Å². The molecule has 0 N–H and O–H groups in total. The monoisotopic (exact) mass is 356 g/mol. The summed E-state index contributed by atoms with van der Waals surface area (Å²) in [6.45, 7) is 0. The molecule has 0 bridgehead atoms. The highest BCUT2D eigenvalue weighted by Crippen LogP contribution is 2.27. The Morgan fingerprint density at radius 1 is 1.29 bits per heavy atom. The molecule has 1 aromatic carbocycles. The highest BCUT2D eigenvalue weighted by atomic mass is 35.5. The molecule has 3 aromatic rings. The zero-order valence-electron chi connectivity index (χ0n) is 11.0. The highest BCUT2D eigenvalue weighted by molar-refractivity contribution is 7.98. The predicted octanol–water partition coefficient (Wildman–Crippen LogP) is 4.59. The van der Waals surface area contributed by atoms with Gasteiger partial charge in [0, 0.05) is 12.8 Å². The molecule has 108 valence electrons. The zero-order chi connectivity index (χ0) is 15.0. The SMILES string of the molecule is Cn1c(SCc2ccc(Cl)c(Cl)c2)nc2ccsc2c1=O. The van der Waals surface area contributed by atoms with E-state index in [9.17, 15) is 4.79 Å². The smallest absolute Gasteiger partial charge is 0.271 e. The van der Waals surface area contributed by atoms with Crippen LogP contribution in [0.25, 0.3) is 10.2 Å². The lowest BCUT2D eigenvalue weighted by Gasteiger charge is -2.07. The first-order valence-electron chi connectivity index (χ1n) is 6.07. The topological polar surface area (TPSA) is 34.9 Å². The molecular formula is C14H10Cl2N2OS2. The summed E-state index contributed by atoms with van der Waals surface area (Å²) in [6, 6.07) is 7.39. The quantitative estimate of drug-likeness (QED) is 0.508. The summed E-state index contributed by atoms with van der Waals surface area (Å²) in [5.74, 6) is 0.673. The summed E-state index contributed by atoms with van der Waals surface area (Å²) in [5.41, 5.74) is 1.78. The second-order valence-electron chi connectivity index (χ2n) is 4.43. The molecule has 3 rings (SSSR count). The molecule has 0 spiro atoms. The lowest BCUT2D eigenvalue weighted by Crippen LogP contribution is -2.18. The Balaban J connectivity index is 1.89. The molecule has 0 aliphatic heterocycles. The van der Waals surface area contributed by atoms with E-state index in [1.807, 2.05) is 23.6 Å². The third-order valence-corrected chi connectivity index (χ3v) is 5.73. The van der Waals surface area contributed by atoms with Crippen LogP contribution in [-0.2, 0) is 12.8 Å². The van der Waals surface area contributed by atoms with E-state index in [1.165, 1.54) is 23.1 Å². The Morgan fingerprint density at radius 3 is 2.86 bits per heavy atom. The molecule has 0 amide bonds. The third-order valence-electron chi connectivity index (χ3n) is 3.00. The van der Waals surface area contributed by atoms with Crippen molar-refractivity contribution in [2.75, 3.05) is 0 Å². The maximum absolute atomic E-state index is 12.2. The van der Waals surface area contributed by atoms with E-state index in [2.05, 4.69) is 4.98 Å². The van der Waals surface area contributed by atoms with E-state index >= 15 is 0 Å². The highest BCUT2D eigenvalue weighted by Gasteiger charge is 2.10. The fraction of sp³-hybridized carbons (Fsp3) is 0.143. The van der Waals surface area contributed by atoms with Gasteiger partial charge in [-0.05, 0) is 29.1 Å². The summed E-state index contributed by atoms with van der Waals surface area (Å²) in [5, 5.41) is 3.64. The minimum Gasteiger partial charge on any atom is -0.290 e. The Bertz CT molecular complexity index is 873. The predicted molar refractivity (Wildman–Crippen MR) is 90.9 cm³/mol. The van der Waals surface area contributed by atoms with Crippen LogP contribution < -0.4 is 5.56 Å². The maximum Gasteiger partial charge on any atom is 0.271 e. The van der Waals surface area contributed by atoms with Crippen molar-refractivity contribution in [3.05, 3.63) is 55.6 Å². The summed E-state index contributed by atoms with van der Waals surface area (Å²) in [6.07, 6.45) is 0. The number of fused-ring (bicyclic) bond motifs is 1. The van der Waals surface area contributed by atoms with E-state index in [0.29, 0.717) is 25.7 Å². The minimum absolute atomic E-state index is 0.00774. The van der Waals surface area contributed by atoms with Crippen LogP contribution in [0.2, 0.25) is 10.0 Å². The molecule has 2 aromatic heterocycles. The van der Waals surface area contributed by atoms with Crippen molar-refractivity contribution in [2.24, 2.45) is 7.05 Å². The van der Waals surface area contributed by atoms with Crippen molar-refractivity contribution in [1.29, 1.82) is 0 Å². The molecule has 7 heteroatoms. The number of thioether (sulfide) groups is 1. The van der Waals surface area contributed by atoms with Crippen LogP contribution in [0.15, 0.2) is 39.6 Å². The summed E-state index contributed by atoms with van der Waals surface area (Å²) < 4.78 is 2.28. The van der Waals surface area contributed by atoms with Gasteiger partial charge in [0.2, 0.25) is 0 Å². The summed E-state index contributed by atoms with van der Waals surface area (Å²) in [7, 11) is 1.74. The van der Waals surface area contributed by atoms with Crippen molar-refractivity contribution >= 4 is 56.5 Å². The fourth-order valence-electron chi connectivity index (χ4n) is 1.87. The molecule has 2 heterocycles. The van der Waals surface area contributed by atoms with Gasteiger partial charge in [-0.25, -0.2) is 4.98 Å². The zero-order valence-corrected chi connectivity index (χ0v) is 14.1. The first-order chi connectivity index (χ1) is 10.1. The Morgan fingerprint density at radius 2 is 2.10 bits per heavy atom. The van der Waals surface area contributed by atoms with Crippen molar-refractivity contribution in [1.82, 2.24) is 9.55 Å². The van der Waals surface area contributed by atoms with E-state index in [-0.39, 0.29) is 5.56 Å². The molecule has 3 nitrogen and oxygen atoms in total. The first-order valence-corrected chi connectivity index (χ1v) is 8.69. The van der Waals surface area contributed by atoms with E-state index in [0.717, 1.165) is 11.1 Å². The van der Waals surface area contributed by atoms with E-state index in [1.54, 1.807) is 17.7 Å². The van der Waals surface area contributed by atoms with Crippen LogP contribution in [0.3, 0.4) is 0 Å². The molecule has 0 atom stereocenters. The normalized spacial score (nSPS) is 11.2. The second-order valence-corrected chi connectivity index (χ2v) is 7.10. The molecule has 0 saturated heterocycles. The van der Waals surface area contributed by atoms with Gasteiger partial charge in [0.1, 0.15) is 4.70 Å². The largest absolute Gasteiger partial charge is 0.290 e. The lowest BCUT2D eigenvalue weighted by atomic mass is 10.2. The first kappa shape index (κ1) is 14.9. The summed E-state index contributed by atoms with van der Waals surface area (Å²) in [4.78, 5) is 16.7. The number of hydrogen-bond donors (Lipinski definition) is 0. The van der Waals surface area contributed by atoms with Crippen molar-refractivity contribution < 1.29 is 0 Å². The standard InChI is InChI=1S/C14H10Cl2N2OS2/c1-18-13(19)12-11(4-5-20-12)17-14(18)21-7-8-2-3-9(15)10(16)6-8/h2-6H,7H2,1H3. The van der Waals surface area contributed by atoms with Crippen LogP contribution in [0.4, 0.5) is 0 Å². The number of rotatable bonds is 3. The third kappa shape index (κ3) is 2.97. The van der Waals surface area contributed by atoms with E-state index < -0.39 is 0 Å². The molecule has 0 aliphatic rings. The number of hydrogen-bond acceptors (Lipinski definition) is 4. The van der Waals surface area contributed by atoms with Crippen LogP contribution in [0.5, 0.6) is 0 Å². The number of thiophene rings is 1. The molecule has 0 aliphatic carbocycles. The van der Waals surface area contributed by atoms with Crippen LogP contribution in [0, 0.1) is 0 Å². The lowest BCUT2D eigenvalue weighted by molar-refractivity contribution is 0.728. The van der Waals surface area contributed by atoms with Gasteiger partial charge in [0.05, 0.1) is 15.6 Å². The van der Waals surface area contributed by atoms with Gasteiger partial charge in [-0.3, -0.25) is 9.36 Å². The average molecular weight is 357 g/mol. The van der Waals surface area contributed by atoms with Gasteiger partial charge in [-0.15, -0.1) is 11.3 Å². The maximum atomic E-state index is 12.2. The van der Waals surface area contributed by atoms with Gasteiger partial charge in [0.15, 0.2) is 5.16 Å². The van der Waals surface area contributed by atoms with Crippen molar-refractivity contribution in [3.63, 3.8) is 0 Å². The molecular weight excluding hydrogens is 347 g/mol. The van der Waals surface area contributed by atoms with Crippen LogP contribution in [-0.4, -0.2) is 9.55 Å². The van der Waals surface area contributed by atoms with Gasteiger partial charge < -0.3 is 0 Å². The molecule has 21 heavy (non-hydrogen) atoms. The number of aromatic nitrogens is 2. The van der Waals surface area contributed by atoms with Crippen molar-refractivity contribution in [3.8, 4) is 0 Å². The summed E-state index contributed by atoms with van der Waals surface area (Å²) >= 11 is 14.8. The minimum atomic E-state index is -0.00774. The number of benzene rings is 1. The number of halogens is 2. The molecule has 0 fully saturated rings. The van der Waals surface area contributed by atoms with E-state index in [4.69, 9.17) is 23.2 Å². The average Bonchev–Trinajstić information content (AvgIpc) is 2.93.